The molecular weight excluding hydrogens is 304 g/mol. The van der Waals surface area contributed by atoms with E-state index in [0.29, 0.717) is 18.5 Å². The zero-order valence-electron chi connectivity index (χ0n) is 13.6. The molecular formula is C18H22N4O2. The fourth-order valence-electron chi connectivity index (χ4n) is 4.33. The summed E-state index contributed by atoms with van der Waals surface area (Å²) in [5.41, 5.74) is 2.11. The first kappa shape index (κ1) is 15.3. The van der Waals surface area contributed by atoms with Crippen LogP contribution in [0.2, 0.25) is 0 Å². The zero-order valence-corrected chi connectivity index (χ0v) is 13.6. The molecule has 6 nitrogen and oxygen atoms in total. The van der Waals surface area contributed by atoms with Gasteiger partial charge in [0.25, 0.3) is 0 Å². The number of aliphatic carboxylic acids is 1. The maximum atomic E-state index is 11.7. The van der Waals surface area contributed by atoms with Crippen LogP contribution in [0.15, 0.2) is 36.9 Å². The second kappa shape index (κ2) is 6.36. The number of hydrogen-bond donors (Lipinski definition) is 1. The number of rotatable bonds is 4. The lowest BCUT2D eigenvalue weighted by Gasteiger charge is -2.33. The van der Waals surface area contributed by atoms with Crippen LogP contribution in [-0.2, 0) is 11.3 Å². The minimum absolute atomic E-state index is 0.340. The van der Waals surface area contributed by atoms with Crippen LogP contribution in [0.25, 0.3) is 5.69 Å². The van der Waals surface area contributed by atoms with E-state index in [1.54, 1.807) is 11.0 Å². The maximum Gasteiger partial charge on any atom is 0.320 e. The lowest BCUT2D eigenvalue weighted by Crippen LogP contribution is -2.41. The molecule has 4 rings (SSSR count). The average molecular weight is 326 g/mol. The molecule has 1 N–H and O–H groups in total. The van der Waals surface area contributed by atoms with Crippen molar-refractivity contribution in [3.8, 4) is 5.69 Å². The topological polar surface area (TPSA) is 71.2 Å². The Morgan fingerprint density at radius 1 is 1.21 bits per heavy atom. The number of likely N-dealkylation sites (tertiary alicyclic amines) is 1. The highest BCUT2D eigenvalue weighted by Gasteiger charge is 2.44. The second-order valence-electron chi connectivity index (χ2n) is 6.88. The van der Waals surface area contributed by atoms with Crippen molar-refractivity contribution < 1.29 is 9.90 Å². The SMILES string of the molecule is O=C(O)C1CC2CCCCC2N1Cc1ccc(-n2cncn2)cc1. The Hall–Kier alpha value is -2.21. The monoisotopic (exact) mass is 326 g/mol. The van der Waals surface area contributed by atoms with Gasteiger partial charge in [0, 0.05) is 12.6 Å². The molecule has 3 unspecified atom stereocenters. The number of carboxylic acid groups (broad SMARTS) is 1. The van der Waals surface area contributed by atoms with Gasteiger partial charge in [0.15, 0.2) is 0 Å². The Kier molecular flexibility index (Phi) is 4.06. The van der Waals surface area contributed by atoms with Crippen LogP contribution >= 0.6 is 0 Å². The van der Waals surface area contributed by atoms with Crippen molar-refractivity contribution >= 4 is 5.97 Å². The van der Waals surface area contributed by atoms with Gasteiger partial charge in [0.1, 0.15) is 18.7 Å². The Morgan fingerprint density at radius 3 is 2.71 bits per heavy atom. The Bertz CT molecular complexity index is 698. The van der Waals surface area contributed by atoms with Crippen LogP contribution in [-0.4, -0.2) is 42.8 Å². The lowest BCUT2D eigenvalue weighted by atomic mass is 9.84. The van der Waals surface area contributed by atoms with Crippen molar-refractivity contribution in [3.63, 3.8) is 0 Å². The molecule has 1 aromatic carbocycles. The molecule has 1 aliphatic heterocycles. The molecule has 2 aromatic rings. The smallest absolute Gasteiger partial charge is 0.320 e. The molecule has 3 atom stereocenters. The first-order chi connectivity index (χ1) is 11.7. The number of carbonyl (C=O) groups is 1. The van der Waals surface area contributed by atoms with Crippen LogP contribution in [0.5, 0.6) is 0 Å². The number of aromatic nitrogens is 3. The van der Waals surface area contributed by atoms with E-state index in [-0.39, 0.29) is 6.04 Å². The summed E-state index contributed by atoms with van der Waals surface area (Å²) in [6.07, 6.45) is 8.75. The molecule has 0 radical (unpaired) electrons. The number of benzene rings is 1. The predicted octanol–water partition coefficient (Wildman–Crippen LogP) is 2.49. The van der Waals surface area contributed by atoms with Gasteiger partial charge in [-0.3, -0.25) is 9.69 Å². The molecule has 0 amide bonds. The fraction of sp³-hybridized carbons (Fsp3) is 0.500. The number of fused-ring (bicyclic) bond motifs is 1. The second-order valence-corrected chi connectivity index (χ2v) is 6.88. The highest BCUT2D eigenvalue weighted by molar-refractivity contribution is 5.74. The van der Waals surface area contributed by atoms with Crippen LogP contribution in [0.4, 0.5) is 0 Å². The Labute approximate surface area is 141 Å². The summed E-state index contributed by atoms with van der Waals surface area (Å²) in [5.74, 6) is -0.127. The minimum Gasteiger partial charge on any atom is -0.480 e. The summed E-state index contributed by atoms with van der Waals surface area (Å²) < 4.78 is 1.72. The third-order valence-electron chi connectivity index (χ3n) is 5.49. The molecule has 0 spiro atoms. The highest BCUT2D eigenvalue weighted by atomic mass is 16.4. The van der Waals surface area contributed by atoms with Gasteiger partial charge in [-0.1, -0.05) is 25.0 Å². The van der Waals surface area contributed by atoms with Gasteiger partial charge in [0.05, 0.1) is 5.69 Å². The molecule has 2 heterocycles. The minimum atomic E-state index is -0.677. The first-order valence-electron chi connectivity index (χ1n) is 8.65. The van der Waals surface area contributed by atoms with Crippen molar-refractivity contribution in [3.05, 3.63) is 42.5 Å². The van der Waals surface area contributed by atoms with Gasteiger partial charge in [-0.15, -0.1) is 0 Å². The molecule has 2 fully saturated rings. The van der Waals surface area contributed by atoms with Gasteiger partial charge >= 0.3 is 5.97 Å². The summed E-state index contributed by atoms with van der Waals surface area (Å²) in [5, 5.41) is 13.7. The molecule has 24 heavy (non-hydrogen) atoms. The molecule has 0 bridgehead atoms. The van der Waals surface area contributed by atoms with Gasteiger partial charge < -0.3 is 5.11 Å². The summed E-state index contributed by atoms with van der Waals surface area (Å²) in [4.78, 5) is 17.9. The highest BCUT2D eigenvalue weighted by Crippen LogP contribution is 2.40. The van der Waals surface area contributed by atoms with Gasteiger partial charge in [-0.2, -0.15) is 5.10 Å². The standard InChI is InChI=1S/C18H22N4O2/c23-18(24)17-9-14-3-1-2-4-16(14)21(17)10-13-5-7-15(8-6-13)22-12-19-11-20-22/h5-8,11-12,14,16-17H,1-4,9-10H2,(H,23,24). The summed E-state index contributed by atoms with van der Waals surface area (Å²) in [6.45, 7) is 0.704. The van der Waals surface area contributed by atoms with Crippen molar-refractivity contribution in [2.24, 2.45) is 5.92 Å². The van der Waals surface area contributed by atoms with Crippen molar-refractivity contribution in [2.75, 3.05) is 0 Å². The van der Waals surface area contributed by atoms with Gasteiger partial charge in [-0.25, -0.2) is 9.67 Å². The number of carboxylic acids is 1. The average Bonchev–Trinajstić information content (AvgIpc) is 3.24. The Morgan fingerprint density at radius 2 is 2.00 bits per heavy atom. The summed E-state index contributed by atoms with van der Waals surface area (Å²) in [7, 11) is 0. The van der Waals surface area contributed by atoms with E-state index in [9.17, 15) is 9.90 Å². The van der Waals surface area contributed by atoms with E-state index in [1.165, 1.54) is 25.6 Å². The van der Waals surface area contributed by atoms with E-state index in [1.807, 2.05) is 12.1 Å². The quantitative estimate of drug-likeness (QED) is 0.934. The van der Waals surface area contributed by atoms with E-state index >= 15 is 0 Å². The summed E-state index contributed by atoms with van der Waals surface area (Å²) >= 11 is 0. The predicted molar refractivity (Wildman–Crippen MR) is 88.7 cm³/mol. The molecule has 1 saturated carbocycles. The van der Waals surface area contributed by atoms with Crippen LogP contribution in [0.3, 0.4) is 0 Å². The van der Waals surface area contributed by atoms with Gasteiger partial charge in [-0.05, 0) is 42.9 Å². The van der Waals surface area contributed by atoms with Crippen molar-refractivity contribution in [1.29, 1.82) is 0 Å². The van der Waals surface area contributed by atoms with Crippen LogP contribution in [0.1, 0.15) is 37.7 Å². The third kappa shape index (κ3) is 2.82. The van der Waals surface area contributed by atoms with E-state index in [2.05, 4.69) is 27.1 Å². The summed E-state index contributed by atoms with van der Waals surface area (Å²) in [6, 6.07) is 8.23. The normalized spacial score (nSPS) is 27.1. The van der Waals surface area contributed by atoms with Crippen molar-refractivity contribution in [1.82, 2.24) is 19.7 Å². The van der Waals surface area contributed by atoms with Gasteiger partial charge in [0.2, 0.25) is 0 Å². The Balaban J connectivity index is 1.53. The fourth-order valence-corrected chi connectivity index (χ4v) is 4.33. The molecule has 2 aliphatic rings. The molecule has 1 saturated heterocycles. The van der Waals surface area contributed by atoms with Crippen molar-refractivity contribution in [2.45, 2.75) is 50.7 Å². The largest absolute Gasteiger partial charge is 0.480 e. The third-order valence-corrected chi connectivity index (χ3v) is 5.49. The first-order valence-corrected chi connectivity index (χ1v) is 8.65. The van der Waals surface area contributed by atoms with Crippen LogP contribution < -0.4 is 0 Å². The molecule has 126 valence electrons. The zero-order chi connectivity index (χ0) is 16.5. The molecule has 1 aromatic heterocycles. The number of hydrogen-bond acceptors (Lipinski definition) is 4. The molecule has 1 aliphatic carbocycles. The maximum absolute atomic E-state index is 11.7. The van der Waals surface area contributed by atoms with E-state index < -0.39 is 5.97 Å². The van der Waals surface area contributed by atoms with E-state index in [4.69, 9.17) is 0 Å². The van der Waals surface area contributed by atoms with E-state index in [0.717, 1.165) is 24.1 Å². The molecule has 6 heteroatoms. The van der Waals surface area contributed by atoms with Crippen LogP contribution in [0, 0.1) is 5.92 Å². The number of nitrogens with zero attached hydrogens (tertiary/aromatic N) is 4. The lowest BCUT2D eigenvalue weighted by molar-refractivity contribution is -0.142.